The lowest BCUT2D eigenvalue weighted by Crippen LogP contribution is -1.89. The van der Waals surface area contributed by atoms with Crippen LogP contribution in [0.2, 0.25) is 0 Å². The molecule has 142 valence electrons. The van der Waals surface area contributed by atoms with Crippen molar-refractivity contribution in [2.24, 2.45) is 0 Å². The average molecular weight is 378 g/mol. The molecule has 2 aliphatic carbocycles. The van der Waals surface area contributed by atoms with Gasteiger partial charge >= 0.3 is 0 Å². The summed E-state index contributed by atoms with van der Waals surface area (Å²) in [7, 11) is 0. The molecule has 0 fully saturated rings. The third kappa shape index (κ3) is 9.05. The van der Waals surface area contributed by atoms with E-state index < -0.39 is 0 Å². The smallest absolute Gasteiger partial charge is 0.178 e. The van der Waals surface area contributed by atoms with Gasteiger partial charge in [-0.3, -0.25) is 9.59 Å². The lowest BCUT2D eigenvalue weighted by molar-refractivity contribution is -0.111. The molecule has 0 N–H and O–H groups in total. The van der Waals surface area contributed by atoms with E-state index in [-0.39, 0.29) is 11.6 Å². The highest BCUT2D eigenvalue weighted by molar-refractivity contribution is 6.00. The number of carbonyl (C=O) groups is 2. The molecule has 2 nitrogen and oxygen atoms in total. The van der Waals surface area contributed by atoms with E-state index >= 15 is 0 Å². The molecule has 0 saturated carbocycles. The van der Waals surface area contributed by atoms with Crippen molar-refractivity contribution in [1.82, 2.24) is 0 Å². The maximum Gasteiger partial charge on any atom is 0.178 e. The molecule has 0 aromatic rings. The molecule has 0 aromatic carbocycles. The molecule has 0 heterocycles. The van der Waals surface area contributed by atoms with Gasteiger partial charge in [-0.15, -0.1) is 0 Å². The van der Waals surface area contributed by atoms with Crippen LogP contribution < -0.4 is 0 Å². The summed E-state index contributed by atoms with van der Waals surface area (Å²) < 4.78 is 0. The van der Waals surface area contributed by atoms with Gasteiger partial charge in [0, 0.05) is 0 Å². The summed E-state index contributed by atoms with van der Waals surface area (Å²) in [5.74, 6) is 11.2. The first-order valence-electron chi connectivity index (χ1n) is 9.25. The molecule has 0 saturated heterocycles. The van der Waals surface area contributed by atoms with Crippen LogP contribution in [0.3, 0.4) is 0 Å². The Morgan fingerprint density at radius 3 is 1.48 bits per heavy atom. The number of fused-ring (bicyclic) bond motifs is 2. The maximum absolute atomic E-state index is 12.0. The molecule has 0 aromatic heterocycles. The van der Waals surface area contributed by atoms with Gasteiger partial charge in [-0.05, 0) is 78.7 Å². The highest BCUT2D eigenvalue weighted by Crippen LogP contribution is 2.17. The van der Waals surface area contributed by atoms with Crippen molar-refractivity contribution in [1.29, 1.82) is 0 Å². The third-order valence-corrected chi connectivity index (χ3v) is 3.86. The van der Waals surface area contributed by atoms with Crippen molar-refractivity contribution < 1.29 is 9.59 Å². The summed E-state index contributed by atoms with van der Waals surface area (Å²) >= 11 is 0. The Morgan fingerprint density at radius 2 is 1.03 bits per heavy atom. The van der Waals surface area contributed by atoms with E-state index in [1.165, 1.54) is 24.3 Å². The molecule has 0 unspecified atom stereocenters. The second kappa shape index (κ2) is 11.8. The van der Waals surface area contributed by atoms with Crippen LogP contribution in [0.5, 0.6) is 0 Å². The first-order valence-corrected chi connectivity index (χ1v) is 9.25. The Labute approximate surface area is 172 Å². The van der Waals surface area contributed by atoms with Gasteiger partial charge in [0.2, 0.25) is 0 Å². The Hall–Kier alpha value is -3.88. The molecule has 29 heavy (non-hydrogen) atoms. The molecular formula is C27H22O2. The SMILES string of the molecule is C/C1=C/C=C/C(=O)/C=C/C2=CC=CC=C(/C=C/C(=O)/C=C/C=C(/C)C#CC#C1)C2. The van der Waals surface area contributed by atoms with Crippen LogP contribution in [0.4, 0.5) is 0 Å². The standard InChI is InChI=1S/C27H22O2/c1-22-9-3-4-10-23(2)12-8-16-27(29)20-18-25-14-6-5-13-24(21-25)17-19-26(28)15-7-11-22/h5-8,11-20H,21H2,1-2H3/b15-7+,16-8+,19-17+,20-18+,22-11-,23-12-. The highest BCUT2D eigenvalue weighted by atomic mass is 16.1. The van der Waals surface area contributed by atoms with Crippen LogP contribution in [0, 0.1) is 23.7 Å². The van der Waals surface area contributed by atoms with Gasteiger partial charge in [-0.25, -0.2) is 0 Å². The zero-order valence-electron chi connectivity index (χ0n) is 16.6. The highest BCUT2D eigenvalue weighted by Gasteiger charge is 2.00. The average Bonchev–Trinajstić information content (AvgIpc) is 2.93. The van der Waals surface area contributed by atoms with Crippen molar-refractivity contribution in [2.45, 2.75) is 20.3 Å². The normalized spacial score (nSPS) is 25.4. The van der Waals surface area contributed by atoms with Gasteiger partial charge in [0.15, 0.2) is 11.6 Å². The van der Waals surface area contributed by atoms with Crippen molar-refractivity contribution in [3.63, 3.8) is 0 Å². The molecule has 0 radical (unpaired) electrons. The molecule has 0 atom stereocenters. The van der Waals surface area contributed by atoms with Crippen LogP contribution in [-0.4, -0.2) is 11.6 Å². The van der Waals surface area contributed by atoms with E-state index in [1.807, 2.05) is 38.2 Å². The van der Waals surface area contributed by atoms with Crippen LogP contribution in [0.15, 0.2) is 107 Å². The lowest BCUT2D eigenvalue weighted by atomic mass is 10.0. The number of ketones is 2. The van der Waals surface area contributed by atoms with Crippen molar-refractivity contribution in [3.8, 4) is 23.7 Å². The fourth-order valence-corrected chi connectivity index (χ4v) is 2.35. The van der Waals surface area contributed by atoms with Gasteiger partial charge in [0.25, 0.3) is 0 Å². The van der Waals surface area contributed by atoms with Gasteiger partial charge in [-0.1, -0.05) is 72.6 Å². The molecule has 0 aliphatic heterocycles. The minimum Gasteiger partial charge on any atom is -0.290 e. The Balaban J connectivity index is 2.33. The third-order valence-electron chi connectivity index (χ3n) is 3.86. The minimum atomic E-state index is -0.107. The fraction of sp³-hybridized carbons (Fsp3) is 0.111. The van der Waals surface area contributed by atoms with E-state index in [2.05, 4.69) is 23.7 Å². The second-order valence-corrected chi connectivity index (χ2v) is 6.43. The lowest BCUT2D eigenvalue weighted by Gasteiger charge is -2.01. The molecule has 2 rings (SSSR count). The van der Waals surface area contributed by atoms with Crippen LogP contribution in [0.25, 0.3) is 0 Å². The largest absolute Gasteiger partial charge is 0.290 e. The predicted octanol–water partition coefficient (Wildman–Crippen LogP) is 5.08. The maximum atomic E-state index is 12.0. The summed E-state index contributed by atoms with van der Waals surface area (Å²) in [6.45, 7) is 3.71. The van der Waals surface area contributed by atoms with E-state index in [1.54, 1.807) is 36.5 Å². The zero-order chi connectivity index (χ0) is 20.9. The minimum absolute atomic E-state index is 0.107. The number of allylic oxidation sites excluding steroid dienone is 18. The molecule has 2 bridgehead atoms. The summed E-state index contributed by atoms with van der Waals surface area (Å²) in [5, 5.41) is 0. The van der Waals surface area contributed by atoms with E-state index in [0.29, 0.717) is 6.42 Å². The number of hydrogen-bond acceptors (Lipinski definition) is 2. The molecule has 0 amide bonds. The zero-order valence-corrected chi connectivity index (χ0v) is 16.6. The van der Waals surface area contributed by atoms with E-state index in [4.69, 9.17) is 0 Å². The van der Waals surface area contributed by atoms with Crippen LogP contribution >= 0.6 is 0 Å². The molecule has 2 aliphatic rings. The molecular weight excluding hydrogens is 356 g/mol. The van der Waals surface area contributed by atoms with Crippen molar-refractivity contribution in [3.05, 3.63) is 107 Å². The van der Waals surface area contributed by atoms with E-state index in [0.717, 1.165) is 22.3 Å². The quantitative estimate of drug-likeness (QED) is 0.551. The van der Waals surface area contributed by atoms with E-state index in [9.17, 15) is 9.59 Å². The first kappa shape index (κ1) is 21.4. The topological polar surface area (TPSA) is 34.1 Å². The predicted molar refractivity (Wildman–Crippen MR) is 120 cm³/mol. The summed E-state index contributed by atoms with van der Waals surface area (Å²) in [5.41, 5.74) is 3.59. The van der Waals surface area contributed by atoms with Gasteiger partial charge in [-0.2, -0.15) is 0 Å². The Bertz CT molecular complexity index is 981. The summed E-state index contributed by atoms with van der Waals surface area (Å²) in [6, 6.07) is 0. The van der Waals surface area contributed by atoms with Gasteiger partial charge in [0.05, 0.1) is 0 Å². The number of carbonyl (C=O) groups excluding carboxylic acids is 2. The Kier molecular flexibility index (Phi) is 8.68. The van der Waals surface area contributed by atoms with Gasteiger partial charge < -0.3 is 0 Å². The van der Waals surface area contributed by atoms with Gasteiger partial charge in [0.1, 0.15) is 0 Å². The summed E-state index contributed by atoms with van der Waals surface area (Å²) in [4.78, 5) is 24.1. The Morgan fingerprint density at radius 1 is 0.586 bits per heavy atom. The van der Waals surface area contributed by atoms with Crippen molar-refractivity contribution >= 4 is 11.6 Å². The first-order chi connectivity index (χ1) is 14.0. The van der Waals surface area contributed by atoms with Crippen LogP contribution in [0.1, 0.15) is 20.3 Å². The fourth-order valence-electron chi connectivity index (χ4n) is 2.35. The van der Waals surface area contributed by atoms with Crippen LogP contribution in [-0.2, 0) is 9.59 Å². The molecule has 2 heteroatoms. The second-order valence-electron chi connectivity index (χ2n) is 6.43. The molecule has 0 spiro atoms. The van der Waals surface area contributed by atoms with Crippen molar-refractivity contribution in [2.75, 3.05) is 0 Å². The monoisotopic (exact) mass is 378 g/mol. The number of rotatable bonds is 0. The number of hydrogen-bond donors (Lipinski definition) is 0. The summed E-state index contributed by atoms with van der Waals surface area (Å²) in [6.07, 6.45) is 25.0.